The van der Waals surface area contributed by atoms with E-state index in [1.165, 1.54) is 52.1 Å². The van der Waals surface area contributed by atoms with Crippen LogP contribution in [-0.2, 0) is 0 Å². The minimum Gasteiger partial charge on any atom is -0.320 e. The number of hydrogen-bond acceptors (Lipinski definition) is 3. The van der Waals surface area contributed by atoms with Gasteiger partial charge >= 0.3 is 0 Å². The van der Waals surface area contributed by atoms with Gasteiger partial charge in [0.15, 0.2) is 0 Å². The van der Waals surface area contributed by atoms with E-state index in [0.29, 0.717) is 0 Å². The predicted molar refractivity (Wildman–Crippen MR) is 75.2 cm³/mol. The van der Waals surface area contributed by atoms with Crippen LogP contribution in [0, 0.1) is 0 Å². The van der Waals surface area contributed by atoms with E-state index in [0.717, 1.165) is 6.54 Å². The zero-order valence-electron chi connectivity index (χ0n) is 11.8. The molecule has 1 aliphatic heterocycles. The average Bonchev–Trinajstić information content (AvgIpc) is 2.35. The summed E-state index contributed by atoms with van der Waals surface area (Å²) in [6.45, 7) is 15.0. The number of piperazine rings is 1. The van der Waals surface area contributed by atoms with Crippen LogP contribution < -0.4 is 5.32 Å². The Morgan fingerprint density at radius 1 is 1.00 bits per heavy atom. The van der Waals surface area contributed by atoms with Crippen molar-refractivity contribution in [3.05, 3.63) is 0 Å². The molecule has 3 nitrogen and oxygen atoms in total. The minimum absolute atomic E-state index is 0. The van der Waals surface area contributed by atoms with Crippen LogP contribution in [0.25, 0.3) is 0 Å². The van der Waals surface area contributed by atoms with Gasteiger partial charge in [-0.3, -0.25) is 0 Å². The number of hydrogen-bond donors (Lipinski definition) is 1. The second kappa shape index (κ2) is 11.4. The summed E-state index contributed by atoms with van der Waals surface area (Å²) < 4.78 is 0. The molecule has 0 bridgehead atoms. The van der Waals surface area contributed by atoms with Crippen molar-refractivity contribution >= 4 is 0 Å². The number of rotatable bonds is 6. The van der Waals surface area contributed by atoms with Gasteiger partial charge in [0.2, 0.25) is 0 Å². The maximum absolute atomic E-state index is 3.20. The Morgan fingerprint density at radius 3 is 1.94 bits per heavy atom. The van der Waals surface area contributed by atoms with Gasteiger partial charge in [-0.15, -0.1) is 0 Å². The van der Waals surface area contributed by atoms with Crippen molar-refractivity contribution in [2.45, 2.75) is 33.6 Å². The second-order valence-electron chi connectivity index (χ2n) is 4.14. The smallest absolute Gasteiger partial charge is 0.0110 e. The summed E-state index contributed by atoms with van der Waals surface area (Å²) in [5, 5.41) is 3.20. The molecule has 100 valence electrons. The Hall–Kier alpha value is -0.120. The fourth-order valence-electron chi connectivity index (χ4n) is 2.03. The molecule has 3 heteroatoms. The zero-order valence-corrected chi connectivity index (χ0v) is 11.8. The molecule has 1 saturated heterocycles. The van der Waals surface area contributed by atoms with Gasteiger partial charge < -0.3 is 15.1 Å². The van der Waals surface area contributed by atoms with Crippen molar-refractivity contribution in [2.75, 3.05) is 52.9 Å². The normalized spacial score (nSPS) is 18.0. The Balaban J connectivity index is 0. The van der Waals surface area contributed by atoms with Gasteiger partial charge in [-0.1, -0.05) is 20.8 Å². The lowest BCUT2D eigenvalue weighted by Crippen LogP contribution is -2.46. The van der Waals surface area contributed by atoms with E-state index in [1.807, 2.05) is 20.9 Å². The Morgan fingerprint density at radius 2 is 1.50 bits per heavy atom. The fourth-order valence-corrected chi connectivity index (χ4v) is 2.03. The lowest BCUT2D eigenvalue weighted by Gasteiger charge is -2.34. The molecule has 0 aromatic carbocycles. The highest BCUT2D eigenvalue weighted by Crippen LogP contribution is 2.02. The van der Waals surface area contributed by atoms with Crippen molar-refractivity contribution in [1.29, 1.82) is 0 Å². The summed E-state index contributed by atoms with van der Waals surface area (Å²) in [5.74, 6) is 0. The van der Waals surface area contributed by atoms with Crippen LogP contribution in [-0.4, -0.2) is 62.7 Å². The molecule has 0 saturated carbocycles. The van der Waals surface area contributed by atoms with E-state index in [4.69, 9.17) is 0 Å². The molecule has 1 heterocycles. The van der Waals surface area contributed by atoms with E-state index in [-0.39, 0.29) is 1.43 Å². The van der Waals surface area contributed by atoms with Gasteiger partial charge in [0.05, 0.1) is 0 Å². The minimum atomic E-state index is 0. The third-order valence-electron chi connectivity index (χ3n) is 2.91. The summed E-state index contributed by atoms with van der Waals surface area (Å²) >= 11 is 0. The van der Waals surface area contributed by atoms with Crippen LogP contribution in [0.15, 0.2) is 0 Å². The maximum atomic E-state index is 3.20. The fraction of sp³-hybridized carbons (Fsp3) is 1.00. The second-order valence-corrected chi connectivity index (χ2v) is 4.14. The average molecular weight is 231 g/mol. The van der Waals surface area contributed by atoms with Crippen molar-refractivity contribution in [2.24, 2.45) is 0 Å². The van der Waals surface area contributed by atoms with Gasteiger partial charge in [0, 0.05) is 27.6 Å². The first kappa shape index (κ1) is 15.9. The first-order valence-electron chi connectivity index (χ1n) is 6.96. The molecule has 0 spiro atoms. The molecular weight excluding hydrogens is 198 g/mol. The molecule has 0 aromatic heterocycles. The number of nitrogens with zero attached hydrogens (tertiary/aromatic N) is 2. The zero-order chi connectivity index (χ0) is 12.2. The summed E-state index contributed by atoms with van der Waals surface area (Å²) in [6, 6.07) is 0. The van der Waals surface area contributed by atoms with E-state index < -0.39 is 0 Å². The third-order valence-corrected chi connectivity index (χ3v) is 2.91. The van der Waals surface area contributed by atoms with Crippen molar-refractivity contribution in [3.8, 4) is 0 Å². The molecule has 0 aliphatic carbocycles. The molecule has 0 unspecified atom stereocenters. The van der Waals surface area contributed by atoms with Crippen LogP contribution in [0.3, 0.4) is 0 Å². The summed E-state index contributed by atoms with van der Waals surface area (Å²) in [4.78, 5) is 5.16. The van der Waals surface area contributed by atoms with Crippen LogP contribution in [0.5, 0.6) is 0 Å². The first-order chi connectivity index (χ1) is 7.86. The van der Waals surface area contributed by atoms with Gasteiger partial charge in [0.1, 0.15) is 0 Å². The molecule has 1 N–H and O–H groups in total. The number of nitrogens with one attached hydrogen (secondary N) is 1. The van der Waals surface area contributed by atoms with E-state index in [1.54, 1.807) is 0 Å². The standard InChI is InChI=1S/C11H25N3.C2H6.H2/c1-3-6-13-8-10-14(11-9-13)7-4-5-12-2;1-2;/h12H,3-11H2,1-2H3;1-2H3;1H. The predicted octanol–water partition coefficient (Wildman–Crippen LogP) is 1.90. The molecular formula is C13H33N3. The van der Waals surface area contributed by atoms with E-state index >= 15 is 0 Å². The highest BCUT2D eigenvalue weighted by atomic mass is 15.3. The molecule has 1 fully saturated rings. The summed E-state index contributed by atoms with van der Waals surface area (Å²) in [5.41, 5.74) is 0. The Kier molecular flexibility index (Phi) is 11.3. The van der Waals surface area contributed by atoms with Gasteiger partial charge in [-0.25, -0.2) is 0 Å². The van der Waals surface area contributed by atoms with Gasteiger partial charge in [-0.2, -0.15) is 0 Å². The highest BCUT2D eigenvalue weighted by molar-refractivity contribution is 4.71. The quantitative estimate of drug-likeness (QED) is 0.704. The molecule has 0 amide bonds. The highest BCUT2D eigenvalue weighted by Gasteiger charge is 2.14. The van der Waals surface area contributed by atoms with Crippen molar-refractivity contribution < 1.29 is 1.43 Å². The Labute approximate surface area is 104 Å². The molecule has 16 heavy (non-hydrogen) atoms. The topological polar surface area (TPSA) is 18.5 Å². The summed E-state index contributed by atoms with van der Waals surface area (Å²) in [7, 11) is 2.03. The van der Waals surface area contributed by atoms with Gasteiger partial charge in [0.25, 0.3) is 0 Å². The lowest BCUT2D eigenvalue weighted by molar-refractivity contribution is 0.131. The monoisotopic (exact) mass is 231 g/mol. The first-order valence-corrected chi connectivity index (χ1v) is 6.96. The molecule has 0 radical (unpaired) electrons. The largest absolute Gasteiger partial charge is 0.320 e. The van der Waals surface area contributed by atoms with Crippen molar-refractivity contribution in [3.63, 3.8) is 0 Å². The van der Waals surface area contributed by atoms with Crippen LogP contribution >= 0.6 is 0 Å². The van der Waals surface area contributed by atoms with Crippen molar-refractivity contribution in [1.82, 2.24) is 15.1 Å². The van der Waals surface area contributed by atoms with E-state index in [9.17, 15) is 0 Å². The van der Waals surface area contributed by atoms with Crippen LogP contribution in [0.1, 0.15) is 35.0 Å². The van der Waals surface area contributed by atoms with Crippen LogP contribution in [0.2, 0.25) is 0 Å². The Bertz CT molecular complexity index is 137. The molecule has 0 atom stereocenters. The lowest BCUT2D eigenvalue weighted by atomic mass is 10.2. The molecule has 1 aliphatic rings. The van der Waals surface area contributed by atoms with E-state index in [2.05, 4.69) is 22.0 Å². The summed E-state index contributed by atoms with van der Waals surface area (Å²) in [6.07, 6.45) is 2.57. The SMILES string of the molecule is CC.CCCN1CCN(CCCNC)CC1.[HH]. The molecule has 0 aromatic rings. The van der Waals surface area contributed by atoms with Gasteiger partial charge in [-0.05, 0) is 39.5 Å². The maximum Gasteiger partial charge on any atom is 0.0110 e. The van der Waals surface area contributed by atoms with Crippen LogP contribution in [0.4, 0.5) is 0 Å². The third kappa shape index (κ3) is 7.20. The molecule has 1 rings (SSSR count).